The first-order chi connectivity index (χ1) is 11.2. The van der Waals surface area contributed by atoms with Gasteiger partial charge in [-0.2, -0.15) is 10.5 Å². The fourth-order valence-corrected chi connectivity index (χ4v) is 2.36. The van der Waals surface area contributed by atoms with Crippen LogP contribution in [0.2, 0.25) is 0 Å². The molecule has 0 fully saturated rings. The van der Waals surface area contributed by atoms with E-state index < -0.39 is 0 Å². The Labute approximate surface area is 136 Å². The van der Waals surface area contributed by atoms with E-state index in [1.54, 1.807) is 30.6 Å². The van der Waals surface area contributed by atoms with Crippen molar-refractivity contribution in [1.82, 2.24) is 4.90 Å². The highest BCUT2D eigenvalue weighted by Crippen LogP contribution is 2.27. The molecule has 0 bridgehead atoms. The van der Waals surface area contributed by atoms with Crippen LogP contribution in [0, 0.1) is 22.7 Å². The highest BCUT2D eigenvalue weighted by Gasteiger charge is 2.17. The lowest BCUT2D eigenvalue weighted by Crippen LogP contribution is -2.24. The summed E-state index contributed by atoms with van der Waals surface area (Å²) in [5.74, 6) is 0. The molecule has 4 nitrogen and oxygen atoms in total. The van der Waals surface area contributed by atoms with Gasteiger partial charge in [-0.1, -0.05) is 30.8 Å². The summed E-state index contributed by atoms with van der Waals surface area (Å²) >= 11 is 0. The van der Waals surface area contributed by atoms with E-state index >= 15 is 0 Å². The molecule has 0 radical (unpaired) electrons. The lowest BCUT2D eigenvalue weighted by atomic mass is 9.96. The molecule has 0 unspecified atom stereocenters. The van der Waals surface area contributed by atoms with Gasteiger partial charge in [-0.3, -0.25) is 0 Å². The van der Waals surface area contributed by atoms with Crippen molar-refractivity contribution in [3.05, 3.63) is 83.6 Å². The number of benzene rings is 2. The first-order valence-electron chi connectivity index (χ1n) is 7.06. The largest absolute Gasteiger partial charge is 0.355 e. The van der Waals surface area contributed by atoms with Gasteiger partial charge in [0.1, 0.15) is 0 Å². The van der Waals surface area contributed by atoms with Crippen molar-refractivity contribution in [2.75, 3.05) is 7.05 Å². The molecular weight excluding hydrogens is 284 g/mol. The maximum Gasteiger partial charge on any atom is 0.0991 e. The van der Waals surface area contributed by atoms with Crippen molar-refractivity contribution in [2.24, 2.45) is 4.99 Å². The Bertz CT molecular complexity index is 717. The fourth-order valence-electron chi connectivity index (χ4n) is 2.36. The van der Waals surface area contributed by atoms with Crippen LogP contribution >= 0.6 is 0 Å². The molecule has 0 N–H and O–H groups in total. The fraction of sp³-hybridized carbons (Fsp3) is 0.105. The second kappa shape index (κ2) is 7.59. The van der Waals surface area contributed by atoms with Crippen LogP contribution in [0.15, 0.2) is 66.3 Å². The highest BCUT2D eigenvalue weighted by molar-refractivity contribution is 5.58. The molecule has 0 aliphatic rings. The topological polar surface area (TPSA) is 63.2 Å². The van der Waals surface area contributed by atoms with Gasteiger partial charge >= 0.3 is 0 Å². The number of nitriles is 2. The minimum absolute atomic E-state index is 0.0702. The Kier molecular flexibility index (Phi) is 5.28. The van der Waals surface area contributed by atoms with Crippen LogP contribution in [0.5, 0.6) is 0 Å². The van der Waals surface area contributed by atoms with Crippen LogP contribution < -0.4 is 0 Å². The van der Waals surface area contributed by atoms with E-state index in [1.165, 1.54) is 6.20 Å². The smallest absolute Gasteiger partial charge is 0.0991 e. The molecule has 23 heavy (non-hydrogen) atoms. The Morgan fingerprint density at radius 3 is 1.74 bits per heavy atom. The van der Waals surface area contributed by atoms with Gasteiger partial charge in [0.15, 0.2) is 0 Å². The zero-order chi connectivity index (χ0) is 16.7. The molecule has 2 aromatic rings. The van der Waals surface area contributed by atoms with Crippen molar-refractivity contribution in [3.8, 4) is 12.1 Å². The number of hydrogen-bond acceptors (Lipinski definition) is 3. The molecule has 0 aliphatic carbocycles. The van der Waals surface area contributed by atoms with Gasteiger partial charge in [0, 0.05) is 13.2 Å². The quantitative estimate of drug-likeness (QED) is 0.625. The first-order valence-corrected chi connectivity index (χ1v) is 7.06. The van der Waals surface area contributed by atoms with E-state index in [0.717, 1.165) is 11.1 Å². The van der Waals surface area contributed by atoms with E-state index in [9.17, 15) is 0 Å². The molecule has 2 aromatic carbocycles. The van der Waals surface area contributed by atoms with Gasteiger partial charge in [0.2, 0.25) is 0 Å². The van der Waals surface area contributed by atoms with Gasteiger partial charge in [-0.25, -0.2) is 4.99 Å². The van der Waals surface area contributed by atoms with Gasteiger partial charge in [-0.15, -0.1) is 0 Å². The summed E-state index contributed by atoms with van der Waals surface area (Å²) in [4.78, 5) is 6.03. The zero-order valence-electron chi connectivity index (χ0n) is 12.8. The second-order valence-electron chi connectivity index (χ2n) is 4.98. The van der Waals surface area contributed by atoms with Crippen molar-refractivity contribution in [3.63, 3.8) is 0 Å². The van der Waals surface area contributed by atoms with Gasteiger partial charge < -0.3 is 4.90 Å². The molecule has 0 aliphatic heterocycles. The first kappa shape index (κ1) is 16.0. The molecule has 0 atom stereocenters. The Morgan fingerprint density at radius 2 is 1.39 bits per heavy atom. The number of aliphatic imine (C=N–C) groups is 1. The van der Waals surface area contributed by atoms with Gasteiger partial charge in [-0.05, 0) is 35.4 Å². The van der Waals surface area contributed by atoms with E-state index in [-0.39, 0.29) is 6.04 Å². The summed E-state index contributed by atoms with van der Waals surface area (Å²) in [6.45, 7) is 3.59. The number of rotatable bonds is 5. The van der Waals surface area contributed by atoms with Gasteiger partial charge in [0.05, 0.1) is 35.6 Å². The van der Waals surface area contributed by atoms with Gasteiger partial charge in [0.25, 0.3) is 0 Å². The maximum absolute atomic E-state index is 8.94. The molecule has 0 saturated carbocycles. The van der Waals surface area contributed by atoms with E-state index in [2.05, 4.69) is 23.7 Å². The van der Waals surface area contributed by atoms with Crippen molar-refractivity contribution < 1.29 is 0 Å². The van der Waals surface area contributed by atoms with Crippen molar-refractivity contribution >= 4 is 6.34 Å². The maximum atomic E-state index is 8.94. The predicted molar refractivity (Wildman–Crippen MR) is 90.6 cm³/mol. The van der Waals surface area contributed by atoms with Crippen LogP contribution in [0.25, 0.3) is 0 Å². The standard InChI is InChI=1S/C19H16N4/c1-3-22-14-23(2)19(17-8-4-15(12-20)5-9-17)18-10-6-16(13-21)7-11-18/h3-11,14,19H,1H2,2H3/b22-14-. The summed E-state index contributed by atoms with van der Waals surface area (Å²) in [5.41, 5.74) is 3.31. The summed E-state index contributed by atoms with van der Waals surface area (Å²) < 4.78 is 0. The summed E-state index contributed by atoms with van der Waals surface area (Å²) in [6, 6.07) is 19.1. The summed E-state index contributed by atoms with van der Waals surface area (Å²) in [6.07, 6.45) is 3.18. The van der Waals surface area contributed by atoms with E-state index in [0.29, 0.717) is 11.1 Å². The molecule has 112 valence electrons. The molecule has 0 saturated heterocycles. The third-order valence-corrected chi connectivity index (χ3v) is 3.47. The Balaban J connectivity index is 2.45. The van der Waals surface area contributed by atoms with Crippen LogP contribution in [0.4, 0.5) is 0 Å². The van der Waals surface area contributed by atoms with Crippen molar-refractivity contribution in [2.45, 2.75) is 6.04 Å². The molecule has 0 amide bonds. The monoisotopic (exact) mass is 300 g/mol. The minimum Gasteiger partial charge on any atom is -0.355 e. The lowest BCUT2D eigenvalue weighted by Gasteiger charge is -2.27. The average molecular weight is 300 g/mol. The van der Waals surface area contributed by atoms with Crippen LogP contribution in [-0.2, 0) is 0 Å². The van der Waals surface area contributed by atoms with Crippen LogP contribution in [0.1, 0.15) is 28.3 Å². The molecule has 2 rings (SSSR count). The number of hydrogen-bond donors (Lipinski definition) is 0. The van der Waals surface area contributed by atoms with Crippen LogP contribution in [0.3, 0.4) is 0 Å². The molecule has 4 heteroatoms. The number of nitrogens with zero attached hydrogens (tertiary/aromatic N) is 4. The third kappa shape index (κ3) is 3.84. The molecular formula is C19H16N4. The van der Waals surface area contributed by atoms with E-state index in [4.69, 9.17) is 10.5 Å². The molecule has 0 aromatic heterocycles. The summed E-state index contributed by atoms with van der Waals surface area (Å²) in [7, 11) is 1.92. The van der Waals surface area contributed by atoms with Crippen LogP contribution in [-0.4, -0.2) is 18.3 Å². The zero-order valence-corrected chi connectivity index (χ0v) is 12.8. The minimum atomic E-state index is -0.0702. The Morgan fingerprint density at radius 1 is 0.957 bits per heavy atom. The SMILES string of the molecule is C=C/N=C\N(C)C(c1ccc(C#N)cc1)c1ccc(C#N)cc1. The highest BCUT2D eigenvalue weighted by atomic mass is 15.1. The normalized spacial score (nSPS) is 10.3. The summed E-state index contributed by atoms with van der Waals surface area (Å²) in [5, 5.41) is 17.9. The third-order valence-electron chi connectivity index (χ3n) is 3.47. The van der Waals surface area contributed by atoms with E-state index in [1.807, 2.05) is 36.2 Å². The average Bonchev–Trinajstić information content (AvgIpc) is 2.61. The Hall–Kier alpha value is -3.37. The van der Waals surface area contributed by atoms with Crippen molar-refractivity contribution in [1.29, 1.82) is 10.5 Å². The molecule has 0 heterocycles. The lowest BCUT2D eigenvalue weighted by molar-refractivity contribution is 0.440. The molecule has 0 spiro atoms. The second-order valence-corrected chi connectivity index (χ2v) is 4.98. The predicted octanol–water partition coefficient (Wildman–Crippen LogP) is 3.62.